The number of aliphatic hydroxyl groups is 1. The Bertz CT molecular complexity index is 364. The molecule has 0 amide bonds. The van der Waals surface area contributed by atoms with Gasteiger partial charge in [-0.2, -0.15) is 0 Å². The van der Waals surface area contributed by atoms with E-state index in [0.717, 1.165) is 0 Å². The van der Waals surface area contributed by atoms with Crippen LogP contribution in [0.1, 0.15) is 12.8 Å². The van der Waals surface area contributed by atoms with Gasteiger partial charge in [0.2, 0.25) is 0 Å². The maximum atomic E-state index is 13.4. The number of anilines is 1. The zero-order valence-corrected chi connectivity index (χ0v) is 9.24. The van der Waals surface area contributed by atoms with Gasteiger partial charge in [0.25, 0.3) is 0 Å². The molecule has 0 bridgehead atoms. The summed E-state index contributed by atoms with van der Waals surface area (Å²) < 4.78 is 18.6. The first-order valence-corrected chi connectivity index (χ1v) is 5.35. The van der Waals surface area contributed by atoms with Crippen molar-refractivity contribution in [2.24, 2.45) is 0 Å². The third-order valence-electron chi connectivity index (χ3n) is 3.15. The first-order chi connectivity index (χ1) is 7.69. The van der Waals surface area contributed by atoms with Gasteiger partial charge >= 0.3 is 0 Å². The molecule has 1 aliphatic carbocycles. The predicted octanol–water partition coefficient (Wildman–Crippen LogP) is 1.78. The number of halogens is 1. The maximum Gasteiger partial charge on any atom is 0.146 e. The fourth-order valence-corrected chi connectivity index (χ4v) is 2.10. The highest BCUT2D eigenvalue weighted by Gasteiger charge is 2.44. The third kappa shape index (κ3) is 2.03. The van der Waals surface area contributed by atoms with E-state index in [-0.39, 0.29) is 18.5 Å². The molecule has 1 aromatic rings. The van der Waals surface area contributed by atoms with Crippen LogP contribution in [0.4, 0.5) is 10.1 Å². The molecule has 1 fully saturated rings. The molecule has 0 aliphatic heterocycles. The van der Waals surface area contributed by atoms with E-state index in [2.05, 4.69) is 5.32 Å². The van der Waals surface area contributed by atoms with Crippen molar-refractivity contribution >= 4 is 5.69 Å². The molecular weight excluding hydrogens is 209 g/mol. The van der Waals surface area contributed by atoms with E-state index in [9.17, 15) is 9.50 Å². The summed E-state index contributed by atoms with van der Waals surface area (Å²) in [7, 11) is 1.65. The Hall–Kier alpha value is -1.13. The van der Waals surface area contributed by atoms with Gasteiger partial charge in [-0.1, -0.05) is 12.1 Å². The van der Waals surface area contributed by atoms with Crippen molar-refractivity contribution < 1.29 is 14.2 Å². The Morgan fingerprint density at radius 3 is 2.75 bits per heavy atom. The van der Waals surface area contributed by atoms with Crippen molar-refractivity contribution in [1.82, 2.24) is 0 Å². The molecular formula is C12H16FNO2. The molecule has 0 aromatic heterocycles. The lowest BCUT2D eigenvalue weighted by atomic mass is 9.74. The number of benzene rings is 1. The largest absolute Gasteiger partial charge is 0.394 e. The van der Waals surface area contributed by atoms with E-state index in [1.807, 2.05) is 0 Å². The lowest BCUT2D eigenvalue weighted by Gasteiger charge is -2.46. The zero-order chi connectivity index (χ0) is 11.6. The molecule has 3 nitrogen and oxygen atoms in total. The summed E-state index contributed by atoms with van der Waals surface area (Å²) in [4.78, 5) is 0. The SMILES string of the molecule is COC1CC(CO)(Nc2ccccc2F)C1. The summed E-state index contributed by atoms with van der Waals surface area (Å²) in [5.74, 6) is -0.295. The summed E-state index contributed by atoms with van der Waals surface area (Å²) >= 11 is 0. The minimum Gasteiger partial charge on any atom is -0.394 e. The highest BCUT2D eigenvalue weighted by atomic mass is 19.1. The molecule has 0 radical (unpaired) electrons. The van der Waals surface area contributed by atoms with Crippen molar-refractivity contribution in [3.8, 4) is 0 Å². The Morgan fingerprint density at radius 1 is 1.50 bits per heavy atom. The van der Waals surface area contributed by atoms with E-state index in [0.29, 0.717) is 18.5 Å². The predicted molar refractivity (Wildman–Crippen MR) is 59.9 cm³/mol. The van der Waals surface area contributed by atoms with Crippen LogP contribution in [0.5, 0.6) is 0 Å². The molecule has 0 saturated heterocycles. The molecule has 4 heteroatoms. The van der Waals surface area contributed by atoms with Crippen LogP contribution in [-0.4, -0.2) is 30.5 Å². The average Bonchev–Trinajstić information content (AvgIpc) is 2.25. The van der Waals surface area contributed by atoms with E-state index in [4.69, 9.17) is 4.74 Å². The van der Waals surface area contributed by atoms with Gasteiger partial charge in [-0.25, -0.2) is 4.39 Å². The second-order valence-corrected chi connectivity index (χ2v) is 4.31. The summed E-state index contributed by atoms with van der Waals surface area (Å²) in [5.41, 5.74) is 0.00850. The number of rotatable bonds is 4. The Balaban J connectivity index is 2.06. The molecule has 16 heavy (non-hydrogen) atoms. The Labute approximate surface area is 94.2 Å². The molecule has 2 N–H and O–H groups in total. The van der Waals surface area contributed by atoms with Crippen LogP contribution in [-0.2, 0) is 4.74 Å². The number of aliphatic hydroxyl groups excluding tert-OH is 1. The van der Waals surface area contributed by atoms with Crippen molar-refractivity contribution in [3.63, 3.8) is 0 Å². The first kappa shape index (κ1) is 11.4. The van der Waals surface area contributed by atoms with Crippen LogP contribution < -0.4 is 5.32 Å². The van der Waals surface area contributed by atoms with Crippen LogP contribution in [0.15, 0.2) is 24.3 Å². The highest BCUT2D eigenvalue weighted by Crippen LogP contribution is 2.37. The topological polar surface area (TPSA) is 41.5 Å². The van der Waals surface area contributed by atoms with Gasteiger partial charge in [0.05, 0.1) is 23.9 Å². The first-order valence-electron chi connectivity index (χ1n) is 5.35. The van der Waals surface area contributed by atoms with Crippen LogP contribution in [0, 0.1) is 5.82 Å². The number of hydrogen-bond donors (Lipinski definition) is 2. The van der Waals surface area contributed by atoms with Crippen LogP contribution in [0.25, 0.3) is 0 Å². The van der Waals surface area contributed by atoms with Crippen molar-refractivity contribution in [2.45, 2.75) is 24.5 Å². The van der Waals surface area contributed by atoms with E-state index in [1.54, 1.807) is 25.3 Å². The number of nitrogens with one attached hydrogen (secondary N) is 1. The van der Waals surface area contributed by atoms with Crippen molar-refractivity contribution in [3.05, 3.63) is 30.1 Å². The summed E-state index contributed by atoms with van der Waals surface area (Å²) in [6.07, 6.45) is 1.56. The molecule has 1 aromatic carbocycles. The second kappa shape index (κ2) is 4.39. The van der Waals surface area contributed by atoms with Crippen molar-refractivity contribution in [1.29, 1.82) is 0 Å². The smallest absolute Gasteiger partial charge is 0.146 e. The van der Waals surface area contributed by atoms with Gasteiger partial charge in [0.1, 0.15) is 5.82 Å². The van der Waals surface area contributed by atoms with E-state index >= 15 is 0 Å². The third-order valence-corrected chi connectivity index (χ3v) is 3.15. The summed E-state index contributed by atoms with van der Waals surface area (Å²) in [6, 6.07) is 6.49. The zero-order valence-electron chi connectivity index (χ0n) is 9.24. The Kier molecular flexibility index (Phi) is 3.12. The van der Waals surface area contributed by atoms with Crippen molar-refractivity contribution in [2.75, 3.05) is 19.0 Å². The molecule has 0 heterocycles. The fourth-order valence-electron chi connectivity index (χ4n) is 2.10. The maximum absolute atomic E-state index is 13.4. The van der Waals surface area contributed by atoms with Gasteiger partial charge in [-0.05, 0) is 25.0 Å². The van der Waals surface area contributed by atoms with Crippen LogP contribution >= 0.6 is 0 Å². The van der Waals surface area contributed by atoms with E-state index < -0.39 is 5.54 Å². The monoisotopic (exact) mass is 225 g/mol. The van der Waals surface area contributed by atoms with Crippen LogP contribution in [0.2, 0.25) is 0 Å². The Morgan fingerprint density at radius 2 is 2.19 bits per heavy atom. The standard InChI is InChI=1S/C12H16FNO2/c1-16-9-6-12(7-9,8-15)14-11-5-3-2-4-10(11)13/h2-5,9,14-15H,6-8H2,1H3. The van der Waals surface area contributed by atoms with Gasteiger partial charge in [-0.15, -0.1) is 0 Å². The molecule has 2 rings (SSSR count). The molecule has 0 unspecified atom stereocenters. The van der Waals surface area contributed by atoms with Crippen LogP contribution in [0.3, 0.4) is 0 Å². The van der Waals surface area contributed by atoms with Gasteiger partial charge in [0.15, 0.2) is 0 Å². The minimum absolute atomic E-state index is 0.0127. The lowest BCUT2D eigenvalue weighted by molar-refractivity contribution is -0.0257. The number of hydrogen-bond acceptors (Lipinski definition) is 3. The van der Waals surface area contributed by atoms with E-state index in [1.165, 1.54) is 6.07 Å². The molecule has 0 spiro atoms. The van der Waals surface area contributed by atoms with Gasteiger partial charge < -0.3 is 15.2 Å². The molecule has 88 valence electrons. The number of methoxy groups -OCH3 is 1. The highest BCUT2D eigenvalue weighted by molar-refractivity contribution is 5.47. The number of ether oxygens (including phenoxy) is 1. The summed E-state index contributed by atoms with van der Waals surface area (Å²) in [6.45, 7) is -0.0127. The average molecular weight is 225 g/mol. The normalized spacial score (nSPS) is 28.6. The fraction of sp³-hybridized carbons (Fsp3) is 0.500. The molecule has 0 atom stereocenters. The number of para-hydroxylation sites is 1. The minimum atomic E-state index is -0.428. The van der Waals surface area contributed by atoms with Gasteiger partial charge in [-0.3, -0.25) is 0 Å². The lowest BCUT2D eigenvalue weighted by Crippen LogP contribution is -2.56. The van der Waals surface area contributed by atoms with Gasteiger partial charge in [0, 0.05) is 7.11 Å². The second-order valence-electron chi connectivity index (χ2n) is 4.31. The molecule has 1 aliphatic rings. The quantitative estimate of drug-likeness (QED) is 0.820. The molecule has 1 saturated carbocycles. The summed E-state index contributed by atoms with van der Waals surface area (Å²) in [5, 5.41) is 12.4.